The Morgan fingerprint density at radius 3 is 1.03 bits per heavy atom. The highest BCUT2D eigenvalue weighted by molar-refractivity contribution is 5.84. The van der Waals surface area contributed by atoms with E-state index in [1.165, 1.54) is 0 Å². The van der Waals surface area contributed by atoms with E-state index in [9.17, 15) is 19.2 Å². The number of nitrogens with zero attached hydrogens (tertiary/aromatic N) is 2. The van der Waals surface area contributed by atoms with Gasteiger partial charge in [-0.05, 0) is 81.1 Å². The Morgan fingerprint density at radius 2 is 0.824 bits per heavy atom. The summed E-state index contributed by atoms with van der Waals surface area (Å²) in [7, 11) is 0. The molecule has 2 saturated heterocycles. The predicted octanol–water partition coefficient (Wildman–Crippen LogP) is 3.14. The van der Waals surface area contributed by atoms with Crippen molar-refractivity contribution in [1.82, 2.24) is 20.4 Å². The number of carbonyl (C=O) groups excluding carboxylic acids is 4. The average molecular weight is 479 g/mol. The second kappa shape index (κ2) is 9.50. The topological polar surface area (TPSA) is 98.8 Å². The summed E-state index contributed by atoms with van der Waals surface area (Å²) in [5.74, 6) is -0.209. The maximum Gasteiger partial charge on any atom is 0.220 e. The van der Waals surface area contributed by atoms with Crippen molar-refractivity contribution in [3.63, 3.8) is 0 Å². The van der Waals surface area contributed by atoms with Gasteiger partial charge in [-0.25, -0.2) is 0 Å². The summed E-state index contributed by atoms with van der Waals surface area (Å²) in [6, 6.07) is -0.0951. The zero-order valence-corrected chi connectivity index (χ0v) is 22.9. The second-order valence-electron chi connectivity index (χ2n) is 12.8. The third-order valence-corrected chi connectivity index (χ3v) is 7.34. The first kappa shape index (κ1) is 28.1. The van der Waals surface area contributed by atoms with Gasteiger partial charge in [0.15, 0.2) is 0 Å². The van der Waals surface area contributed by atoms with Crippen molar-refractivity contribution in [2.45, 2.75) is 142 Å². The first-order chi connectivity index (χ1) is 15.3. The van der Waals surface area contributed by atoms with Crippen molar-refractivity contribution in [1.29, 1.82) is 0 Å². The Bertz CT molecular complexity index is 727. The third-order valence-electron chi connectivity index (χ3n) is 7.34. The number of nitrogens with one attached hydrogen (secondary N) is 2. The van der Waals surface area contributed by atoms with Crippen LogP contribution in [0.2, 0.25) is 0 Å². The first-order valence-corrected chi connectivity index (χ1v) is 12.5. The summed E-state index contributed by atoms with van der Waals surface area (Å²) in [5, 5.41) is 6.18. The van der Waals surface area contributed by atoms with E-state index < -0.39 is 0 Å². The van der Waals surface area contributed by atoms with Gasteiger partial charge in [0.2, 0.25) is 23.6 Å². The van der Waals surface area contributed by atoms with Gasteiger partial charge >= 0.3 is 0 Å². The lowest BCUT2D eigenvalue weighted by Gasteiger charge is -2.55. The quantitative estimate of drug-likeness (QED) is 0.634. The van der Waals surface area contributed by atoms with E-state index in [2.05, 4.69) is 10.6 Å². The van der Waals surface area contributed by atoms with Crippen LogP contribution in [-0.2, 0) is 19.2 Å². The molecule has 0 spiro atoms. The van der Waals surface area contributed by atoms with Crippen LogP contribution in [0.4, 0.5) is 0 Å². The average Bonchev–Trinajstić information content (AvgIpc) is 2.53. The smallest absolute Gasteiger partial charge is 0.220 e. The molecule has 0 atom stereocenters. The molecule has 0 aliphatic carbocycles. The zero-order valence-electron chi connectivity index (χ0n) is 22.9. The summed E-state index contributed by atoms with van der Waals surface area (Å²) in [6.45, 7) is 19.4. The van der Waals surface area contributed by atoms with Gasteiger partial charge in [0, 0.05) is 60.9 Å². The van der Waals surface area contributed by atoms with E-state index >= 15 is 0 Å². The molecular formula is C26H46N4O4. The lowest BCUT2D eigenvalue weighted by Crippen LogP contribution is -2.65. The highest BCUT2D eigenvalue weighted by Crippen LogP contribution is 2.39. The molecule has 34 heavy (non-hydrogen) atoms. The van der Waals surface area contributed by atoms with E-state index in [-0.39, 0.29) is 70.7 Å². The Hall–Kier alpha value is -2.12. The normalized spacial score (nSPS) is 23.8. The van der Waals surface area contributed by atoms with Gasteiger partial charge in [-0.15, -0.1) is 0 Å². The number of rotatable bonds is 5. The third kappa shape index (κ3) is 6.30. The molecule has 0 aromatic carbocycles. The van der Waals surface area contributed by atoms with E-state index in [0.29, 0.717) is 25.7 Å². The van der Waals surface area contributed by atoms with Gasteiger partial charge in [-0.2, -0.15) is 0 Å². The predicted molar refractivity (Wildman–Crippen MR) is 133 cm³/mol. The van der Waals surface area contributed by atoms with E-state index in [1.54, 1.807) is 13.8 Å². The standard InChI is InChI=1S/C26H46N4O4/c1-17(31)29-23(3,4)13-19(14-24(29,5)6)27-21(33)11-12-22(34)28-20-15-25(7,8)30(18(2)32)26(9,10)16-20/h19-20H,11-16H2,1-10H3,(H,27,33)(H,28,34). The molecule has 2 aliphatic heterocycles. The maximum atomic E-state index is 12.7. The Labute approximate surface area is 205 Å². The minimum Gasteiger partial charge on any atom is -0.353 e. The van der Waals surface area contributed by atoms with Crippen molar-refractivity contribution < 1.29 is 19.2 Å². The molecule has 0 unspecified atom stereocenters. The van der Waals surface area contributed by atoms with Gasteiger partial charge in [-0.3, -0.25) is 19.2 Å². The Balaban J connectivity index is 1.90. The van der Waals surface area contributed by atoms with Gasteiger partial charge in [0.25, 0.3) is 0 Å². The Kier molecular flexibility index (Phi) is 7.85. The van der Waals surface area contributed by atoms with Crippen LogP contribution in [-0.4, -0.2) is 67.7 Å². The van der Waals surface area contributed by atoms with Crippen LogP contribution in [0, 0.1) is 0 Å². The first-order valence-electron chi connectivity index (χ1n) is 12.5. The monoisotopic (exact) mass is 478 g/mol. The number of hydrogen-bond donors (Lipinski definition) is 2. The lowest BCUT2D eigenvalue weighted by molar-refractivity contribution is -0.149. The number of amides is 4. The summed E-state index contributed by atoms with van der Waals surface area (Å²) >= 11 is 0. The van der Waals surface area contributed by atoms with Crippen LogP contribution >= 0.6 is 0 Å². The van der Waals surface area contributed by atoms with E-state index in [1.807, 2.05) is 65.2 Å². The number of hydrogen-bond acceptors (Lipinski definition) is 4. The van der Waals surface area contributed by atoms with Crippen molar-refractivity contribution in [2.75, 3.05) is 0 Å². The molecule has 4 amide bonds. The van der Waals surface area contributed by atoms with Crippen LogP contribution in [0.1, 0.15) is 108 Å². The lowest BCUT2D eigenvalue weighted by atomic mass is 9.76. The molecule has 0 bridgehead atoms. The molecule has 0 radical (unpaired) electrons. The molecule has 8 heteroatoms. The van der Waals surface area contributed by atoms with Gasteiger partial charge in [0.1, 0.15) is 0 Å². The van der Waals surface area contributed by atoms with Crippen LogP contribution in [0.25, 0.3) is 0 Å². The maximum absolute atomic E-state index is 12.7. The molecule has 8 nitrogen and oxygen atoms in total. The molecule has 2 heterocycles. The molecule has 0 saturated carbocycles. The fraction of sp³-hybridized carbons (Fsp3) is 0.846. The molecular weight excluding hydrogens is 432 g/mol. The van der Waals surface area contributed by atoms with Gasteiger partial charge in [-0.1, -0.05) is 0 Å². The molecule has 2 rings (SSSR count). The van der Waals surface area contributed by atoms with Gasteiger partial charge in [0.05, 0.1) is 0 Å². The molecule has 2 N–H and O–H groups in total. The molecule has 2 aliphatic rings. The number of carbonyl (C=O) groups is 4. The largest absolute Gasteiger partial charge is 0.353 e. The summed E-state index contributed by atoms with van der Waals surface area (Å²) in [4.78, 5) is 53.5. The summed E-state index contributed by atoms with van der Waals surface area (Å²) in [6.07, 6.45) is 2.94. The zero-order chi connectivity index (χ0) is 26.3. The number of piperidine rings is 2. The number of likely N-dealkylation sites (tertiary alicyclic amines) is 2. The van der Waals surface area contributed by atoms with Crippen molar-refractivity contribution >= 4 is 23.6 Å². The van der Waals surface area contributed by atoms with Crippen molar-refractivity contribution in [2.24, 2.45) is 0 Å². The van der Waals surface area contributed by atoms with E-state index in [0.717, 1.165) is 0 Å². The highest BCUT2D eigenvalue weighted by Gasteiger charge is 2.48. The molecule has 194 valence electrons. The van der Waals surface area contributed by atoms with Crippen LogP contribution in [0.3, 0.4) is 0 Å². The SMILES string of the molecule is CC(=O)N1C(C)(C)CC(NC(=O)CCC(=O)NC2CC(C)(C)N(C(C)=O)C(C)(C)C2)CC1(C)C. The fourth-order valence-electron chi connectivity index (χ4n) is 7.30. The van der Waals surface area contributed by atoms with Crippen LogP contribution < -0.4 is 10.6 Å². The van der Waals surface area contributed by atoms with E-state index in [4.69, 9.17) is 0 Å². The summed E-state index contributed by atoms with van der Waals surface area (Å²) < 4.78 is 0. The van der Waals surface area contributed by atoms with Crippen molar-refractivity contribution in [3.05, 3.63) is 0 Å². The van der Waals surface area contributed by atoms with Gasteiger partial charge < -0.3 is 20.4 Å². The summed E-state index contributed by atoms with van der Waals surface area (Å²) in [5.41, 5.74) is -1.46. The van der Waals surface area contributed by atoms with Crippen molar-refractivity contribution in [3.8, 4) is 0 Å². The van der Waals surface area contributed by atoms with Crippen LogP contribution in [0.5, 0.6) is 0 Å². The highest BCUT2D eigenvalue weighted by atomic mass is 16.2. The minimum absolute atomic E-state index is 0.0388. The Morgan fingerprint density at radius 1 is 0.588 bits per heavy atom. The molecule has 0 aromatic rings. The fourth-order valence-corrected chi connectivity index (χ4v) is 7.30. The molecule has 0 aromatic heterocycles. The minimum atomic E-state index is -0.364. The molecule has 2 fully saturated rings. The van der Waals surface area contributed by atoms with Crippen LogP contribution in [0.15, 0.2) is 0 Å². The second-order valence-corrected chi connectivity index (χ2v) is 12.8.